The van der Waals surface area contributed by atoms with Crippen molar-refractivity contribution < 1.29 is 0 Å². The third-order valence-corrected chi connectivity index (χ3v) is 14.6. The van der Waals surface area contributed by atoms with E-state index in [4.69, 9.17) is 19.9 Å². The highest BCUT2D eigenvalue weighted by molar-refractivity contribution is 6.03. The van der Waals surface area contributed by atoms with Crippen molar-refractivity contribution in [1.29, 1.82) is 0 Å². The van der Waals surface area contributed by atoms with Crippen LogP contribution in [0, 0.1) is 23.7 Å². The molecule has 6 aromatic carbocycles. The fourth-order valence-corrected chi connectivity index (χ4v) is 12.5. The lowest BCUT2D eigenvalue weighted by Crippen LogP contribution is -2.55. The third-order valence-electron chi connectivity index (χ3n) is 14.6. The quantitative estimate of drug-likeness (QED) is 0.181. The topological polar surface area (TPSA) is 51.6 Å². The first kappa shape index (κ1) is 32.6. The molecule has 6 aliphatic carbocycles. The van der Waals surface area contributed by atoms with Gasteiger partial charge in [-0.2, -0.15) is 0 Å². The normalized spacial score (nSPS) is 22.6. The zero-order valence-electron chi connectivity index (χ0n) is 32.1. The Morgan fingerprint density at radius 3 is 1.38 bits per heavy atom. The van der Waals surface area contributed by atoms with Gasteiger partial charge in [0.05, 0.1) is 0 Å². The molecule has 4 nitrogen and oxygen atoms in total. The van der Waals surface area contributed by atoms with Crippen LogP contribution in [0.3, 0.4) is 0 Å². The van der Waals surface area contributed by atoms with Crippen LogP contribution in [0.1, 0.15) is 43.2 Å². The first-order chi connectivity index (χ1) is 28.7. The number of aromatic nitrogens is 4. The van der Waals surface area contributed by atoms with E-state index in [1.807, 2.05) is 12.3 Å². The molecule has 0 amide bonds. The zero-order chi connectivity index (χ0) is 38.0. The van der Waals surface area contributed by atoms with Gasteiger partial charge in [-0.1, -0.05) is 127 Å². The monoisotopic (exact) mass is 744 g/mol. The number of hydrogen-bond donors (Lipinski definition) is 0. The lowest BCUT2D eigenvalue weighted by Gasteiger charge is -2.61. The largest absolute Gasteiger partial charge is 0.264 e. The van der Waals surface area contributed by atoms with E-state index in [9.17, 15) is 0 Å². The van der Waals surface area contributed by atoms with Crippen molar-refractivity contribution in [2.75, 3.05) is 0 Å². The molecule has 276 valence electrons. The summed E-state index contributed by atoms with van der Waals surface area (Å²) in [7, 11) is 0. The van der Waals surface area contributed by atoms with Crippen LogP contribution in [-0.2, 0) is 5.41 Å². The van der Waals surface area contributed by atoms with Gasteiger partial charge in [0, 0.05) is 40.1 Å². The minimum atomic E-state index is 0.0924. The van der Waals surface area contributed by atoms with Crippen molar-refractivity contribution in [2.45, 2.75) is 37.5 Å². The van der Waals surface area contributed by atoms with Crippen LogP contribution in [0.15, 0.2) is 158 Å². The maximum atomic E-state index is 5.35. The van der Waals surface area contributed by atoms with Crippen LogP contribution in [0.25, 0.3) is 89.8 Å². The van der Waals surface area contributed by atoms with Crippen molar-refractivity contribution in [3.63, 3.8) is 0 Å². The van der Waals surface area contributed by atoms with E-state index < -0.39 is 0 Å². The summed E-state index contributed by atoms with van der Waals surface area (Å²) >= 11 is 0. The van der Waals surface area contributed by atoms with Crippen LogP contribution in [0.4, 0.5) is 0 Å². The van der Waals surface area contributed by atoms with E-state index in [1.165, 1.54) is 98.9 Å². The summed E-state index contributed by atoms with van der Waals surface area (Å²) in [6.07, 6.45) is 11.0. The maximum Gasteiger partial charge on any atom is 0.164 e. The molecule has 1 spiro atoms. The summed E-state index contributed by atoms with van der Waals surface area (Å²) in [6.45, 7) is 0. The summed E-state index contributed by atoms with van der Waals surface area (Å²) in [6, 6.07) is 52.9. The maximum absolute atomic E-state index is 5.35. The highest BCUT2D eigenvalue weighted by atomic mass is 15.0. The number of rotatable bonds is 3. The molecule has 2 heterocycles. The molecule has 14 rings (SSSR count). The zero-order valence-corrected chi connectivity index (χ0v) is 32.1. The predicted octanol–water partition coefficient (Wildman–Crippen LogP) is 13.0. The lowest BCUT2D eigenvalue weighted by molar-refractivity contribution is -0.0399. The Hall–Kier alpha value is -6.52. The smallest absolute Gasteiger partial charge is 0.164 e. The van der Waals surface area contributed by atoms with E-state index in [2.05, 4.69) is 146 Å². The summed E-state index contributed by atoms with van der Waals surface area (Å²) in [5.74, 6) is 5.24. The molecule has 6 aliphatic rings. The van der Waals surface area contributed by atoms with Crippen molar-refractivity contribution in [1.82, 2.24) is 19.9 Å². The summed E-state index contributed by atoms with van der Waals surface area (Å²) in [5, 5.41) is 0. The molecule has 4 saturated carbocycles. The molecular formula is C54H40N4. The first-order valence-electron chi connectivity index (χ1n) is 21.0. The van der Waals surface area contributed by atoms with Gasteiger partial charge in [-0.3, -0.25) is 4.98 Å². The van der Waals surface area contributed by atoms with Gasteiger partial charge in [0.1, 0.15) is 0 Å². The minimum Gasteiger partial charge on any atom is -0.264 e. The van der Waals surface area contributed by atoms with E-state index in [0.717, 1.165) is 28.5 Å². The Morgan fingerprint density at radius 2 is 0.810 bits per heavy atom. The van der Waals surface area contributed by atoms with Crippen LogP contribution < -0.4 is 0 Å². The fourth-order valence-electron chi connectivity index (χ4n) is 12.5. The Balaban J connectivity index is 0.998. The second-order valence-corrected chi connectivity index (χ2v) is 17.4. The first-order valence-corrected chi connectivity index (χ1v) is 21.0. The van der Waals surface area contributed by atoms with Gasteiger partial charge in [-0.15, -0.1) is 0 Å². The average molecular weight is 745 g/mol. The standard InChI is InChI=1S/C54H40N4/c1-2-10-34(11-3-1)51-56-52(35-18-20-45-43-16-7-6-14-41(43)39-12-4-5-13-40(39)42-15-8-9-17-44(42)46(45)29-35)58-53(57-51)36-19-21-49-47(30-36)48-31-55-23-22-50(48)54(49)37-25-32-24-33(27-37)28-38(54)26-32/h1-23,29-33,37-38H,24-28H2. The van der Waals surface area contributed by atoms with Crippen molar-refractivity contribution >= 4 is 0 Å². The van der Waals surface area contributed by atoms with Crippen LogP contribution in [0.2, 0.25) is 0 Å². The molecule has 0 saturated heterocycles. The highest BCUT2D eigenvalue weighted by Gasteiger charge is 2.61. The van der Waals surface area contributed by atoms with E-state index in [1.54, 1.807) is 0 Å². The Labute approximate surface area is 338 Å². The van der Waals surface area contributed by atoms with Gasteiger partial charge in [-0.25, -0.2) is 15.0 Å². The molecule has 4 fully saturated rings. The molecule has 8 aromatic rings. The van der Waals surface area contributed by atoms with Gasteiger partial charge >= 0.3 is 0 Å². The number of benzene rings is 6. The number of fused-ring (bicyclic) bond motifs is 11. The second-order valence-electron chi connectivity index (χ2n) is 17.4. The summed E-state index contributed by atoms with van der Waals surface area (Å²) < 4.78 is 0. The molecule has 0 aliphatic heterocycles. The molecule has 0 atom stereocenters. The van der Waals surface area contributed by atoms with E-state index in [0.29, 0.717) is 29.3 Å². The summed E-state index contributed by atoms with van der Waals surface area (Å²) in [4.78, 5) is 20.5. The van der Waals surface area contributed by atoms with Crippen molar-refractivity contribution in [3.05, 3.63) is 169 Å². The Morgan fingerprint density at radius 1 is 0.362 bits per heavy atom. The highest BCUT2D eigenvalue weighted by Crippen LogP contribution is 2.69. The van der Waals surface area contributed by atoms with E-state index >= 15 is 0 Å². The van der Waals surface area contributed by atoms with Crippen LogP contribution in [0.5, 0.6) is 0 Å². The van der Waals surface area contributed by atoms with Gasteiger partial charge in [0.25, 0.3) is 0 Å². The fraction of sp³-hybridized carbons (Fsp3) is 0.185. The van der Waals surface area contributed by atoms with Gasteiger partial charge in [0.2, 0.25) is 0 Å². The second kappa shape index (κ2) is 12.2. The van der Waals surface area contributed by atoms with Crippen LogP contribution >= 0.6 is 0 Å². The minimum absolute atomic E-state index is 0.0924. The number of pyridine rings is 1. The lowest BCUT2D eigenvalue weighted by atomic mass is 9.43. The van der Waals surface area contributed by atoms with E-state index in [-0.39, 0.29) is 5.41 Å². The Bertz CT molecular complexity index is 2950. The molecule has 0 N–H and O–H groups in total. The average Bonchev–Trinajstić information content (AvgIpc) is 3.57. The molecule has 0 radical (unpaired) electrons. The molecule has 0 unspecified atom stereocenters. The van der Waals surface area contributed by atoms with Crippen molar-refractivity contribution in [3.8, 4) is 89.8 Å². The molecule has 4 bridgehead atoms. The molecule has 58 heavy (non-hydrogen) atoms. The van der Waals surface area contributed by atoms with Gasteiger partial charge in [-0.05, 0) is 135 Å². The summed E-state index contributed by atoms with van der Waals surface area (Å²) in [5.41, 5.74) is 18.4. The number of hydrogen-bond acceptors (Lipinski definition) is 4. The molecular weight excluding hydrogens is 705 g/mol. The van der Waals surface area contributed by atoms with Crippen LogP contribution in [-0.4, -0.2) is 19.9 Å². The number of nitrogens with zero attached hydrogens (tertiary/aromatic N) is 4. The predicted molar refractivity (Wildman–Crippen MR) is 232 cm³/mol. The third kappa shape index (κ3) is 4.57. The molecule has 4 heteroatoms. The molecule has 2 aromatic heterocycles. The van der Waals surface area contributed by atoms with Crippen molar-refractivity contribution in [2.24, 2.45) is 23.7 Å². The van der Waals surface area contributed by atoms with Gasteiger partial charge < -0.3 is 0 Å². The Kier molecular flexibility index (Phi) is 6.87. The SMILES string of the molecule is c1ccc(-c2nc(-c3ccc4c(c3)-c3ccccc3-c3ccccc3-c3ccccc3-4)nc(-c3ccc4c(c3)-c3cnccc3C43C4CC5CC(C4)CC3C5)n2)cc1. The van der Waals surface area contributed by atoms with Gasteiger partial charge in [0.15, 0.2) is 17.5 Å².